The lowest BCUT2D eigenvalue weighted by Crippen LogP contribution is -2.31. The Morgan fingerprint density at radius 1 is 1.64 bits per heavy atom. The van der Waals surface area contributed by atoms with Crippen LogP contribution < -0.4 is 0 Å². The molecular formula is C8H17NO2. The highest BCUT2D eigenvalue weighted by Crippen LogP contribution is 2.00. The van der Waals surface area contributed by atoms with Crippen LogP contribution in [0.4, 0.5) is 0 Å². The van der Waals surface area contributed by atoms with E-state index in [1.807, 2.05) is 14.0 Å². The number of hydrogen-bond acceptors (Lipinski definition) is 2. The summed E-state index contributed by atoms with van der Waals surface area (Å²) in [7, 11) is 1.96. The third-order valence-electron chi connectivity index (χ3n) is 1.80. The maximum atomic E-state index is 10.3. The van der Waals surface area contributed by atoms with Crippen LogP contribution >= 0.6 is 0 Å². The van der Waals surface area contributed by atoms with E-state index in [0.29, 0.717) is 0 Å². The first kappa shape index (κ1) is 10.4. The number of carboxylic acid groups (broad SMARTS) is 1. The Labute approximate surface area is 68.0 Å². The van der Waals surface area contributed by atoms with E-state index in [4.69, 9.17) is 5.11 Å². The summed E-state index contributed by atoms with van der Waals surface area (Å²) in [5.41, 5.74) is 0. The van der Waals surface area contributed by atoms with E-state index in [9.17, 15) is 4.79 Å². The van der Waals surface area contributed by atoms with Crippen molar-refractivity contribution in [2.24, 2.45) is 0 Å². The topological polar surface area (TPSA) is 40.5 Å². The Morgan fingerprint density at radius 2 is 2.18 bits per heavy atom. The third kappa shape index (κ3) is 4.79. The second-order valence-electron chi connectivity index (χ2n) is 2.93. The maximum absolute atomic E-state index is 10.3. The molecule has 0 radical (unpaired) electrons. The van der Waals surface area contributed by atoms with Crippen LogP contribution in [0.2, 0.25) is 0 Å². The number of nitrogens with zero attached hydrogens (tertiary/aromatic N) is 1. The van der Waals surface area contributed by atoms with Gasteiger partial charge < -0.3 is 10.0 Å². The molecule has 0 bridgehead atoms. The zero-order valence-electron chi connectivity index (χ0n) is 7.50. The molecule has 0 fully saturated rings. The van der Waals surface area contributed by atoms with E-state index in [0.717, 1.165) is 13.0 Å². The summed E-state index contributed by atoms with van der Waals surface area (Å²) in [6.07, 6.45) is 1.30. The predicted molar refractivity (Wildman–Crippen MR) is 44.6 cm³/mol. The standard InChI is InChI=1S/C8H17NO2/c1-4-5-9(3)7(2)6-8(10)11/h7H,4-6H2,1-3H3,(H,10,11). The Balaban J connectivity index is 3.63. The van der Waals surface area contributed by atoms with E-state index in [1.165, 1.54) is 0 Å². The molecule has 0 aliphatic rings. The van der Waals surface area contributed by atoms with Crippen LogP contribution in [0, 0.1) is 0 Å². The Morgan fingerprint density at radius 3 is 2.55 bits per heavy atom. The fourth-order valence-electron chi connectivity index (χ4n) is 0.982. The van der Waals surface area contributed by atoms with E-state index >= 15 is 0 Å². The smallest absolute Gasteiger partial charge is 0.304 e. The zero-order valence-corrected chi connectivity index (χ0v) is 7.50. The van der Waals surface area contributed by atoms with Gasteiger partial charge in [0.05, 0.1) is 6.42 Å². The molecule has 0 saturated heterocycles. The second-order valence-corrected chi connectivity index (χ2v) is 2.93. The SMILES string of the molecule is CCCN(C)C(C)CC(=O)O. The summed E-state index contributed by atoms with van der Waals surface area (Å²) in [6, 6.07) is 0.146. The summed E-state index contributed by atoms with van der Waals surface area (Å²) < 4.78 is 0. The number of aliphatic carboxylic acids is 1. The molecule has 0 spiro atoms. The quantitative estimate of drug-likeness (QED) is 0.655. The van der Waals surface area contributed by atoms with Crippen molar-refractivity contribution in [3.63, 3.8) is 0 Å². The van der Waals surface area contributed by atoms with Gasteiger partial charge in [0.2, 0.25) is 0 Å². The fraction of sp³-hybridized carbons (Fsp3) is 0.875. The average molecular weight is 159 g/mol. The predicted octanol–water partition coefficient (Wildman–Crippen LogP) is 1.19. The minimum atomic E-state index is -0.722. The van der Waals surface area contributed by atoms with E-state index < -0.39 is 5.97 Å². The molecule has 0 aromatic carbocycles. The van der Waals surface area contributed by atoms with Crippen molar-refractivity contribution in [1.82, 2.24) is 4.90 Å². The summed E-state index contributed by atoms with van der Waals surface area (Å²) >= 11 is 0. The molecule has 0 aromatic rings. The number of rotatable bonds is 5. The van der Waals surface area contributed by atoms with E-state index in [2.05, 4.69) is 11.8 Å². The lowest BCUT2D eigenvalue weighted by Gasteiger charge is -2.22. The van der Waals surface area contributed by atoms with Gasteiger partial charge in [-0.3, -0.25) is 4.79 Å². The van der Waals surface area contributed by atoms with Gasteiger partial charge in [-0.2, -0.15) is 0 Å². The van der Waals surface area contributed by atoms with Crippen LogP contribution in [0.15, 0.2) is 0 Å². The maximum Gasteiger partial charge on any atom is 0.304 e. The van der Waals surface area contributed by atoms with E-state index in [-0.39, 0.29) is 12.5 Å². The summed E-state index contributed by atoms with van der Waals surface area (Å²) in [5.74, 6) is -0.722. The first-order valence-electron chi connectivity index (χ1n) is 4.00. The molecule has 11 heavy (non-hydrogen) atoms. The lowest BCUT2D eigenvalue weighted by atomic mass is 10.2. The minimum absolute atomic E-state index is 0.146. The van der Waals surface area contributed by atoms with Crippen LogP contribution in [-0.2, 0) is 4.79 Å². The van der Waals surface area contributed by atoms with Crippen molar-refractivity contribution in [2.75, 3.05) is 13.6 Å². The molecule has 0 saturated carbocycles. The molecule has 3 heteroatoms. The molecule has 1 N–H and O–H groups in total. The van der Waals surface area contributed by atoms with Gasteiger partial charge in [-0.05, 0) is 26.9 Å². The molecule has 0 aromatic heterocycles. The monoisotopic (exact) mass is 159 g/mol. The molecule has 3 nitrogen and oxygen atoms in total. The second kappa shape index (κ2) is 5.13. The van der Waals surface area contributed by atoms with Crippen molar-refractivity contribution >= 4 is 5.97 Å². The van der Waals surface area contributed by atoms with Gasteiger partial charge in [-0.1, -0.05) is 6.92 Å². The van der Waals surface area contributed by atoms with Gasteiger partial charge in [-0.25, -0.2) is 0 Å². The molecule has 1 unspecified atom stereocenters. The van der Waals surface area contributed by atoms with Gasteiger partial charge in [0, 0.05) is 6.04 Å². The third-order valence-corrected chi connectivity index (χ3v) is 1.80. The van der Waals surface area contributed by atoms with Gasteiger partial charge >= 0.3 is 5.97 Å². The molecule has 66 valence electrons. The molecule has 0 aliphatic carbocycles. The van der Waals surface area contributed by atoms with Crippen LogP contribution in [-0.4, -0.2) is 35.6 Å². The largest absolute Gasteiger partial charge is 0.481 e. The van der Waals surface area contributed by atoms with E-state index in [1.54, 1.807) is 0 Å². The molecule has 0 amide bonds. The van der Waals surface area contributed by atoms with Gasteiger partial charge in [0.1, 0.15) is 0 Å². The van der Waals surface area contributed by atoms with Crippen molar-refractivity contribution in [3.05, 3.63) is 0 Å². The molecule has 0 aliphatic heterocycles. The highest BCUT2D eigenvalue weighted by Gasteiger charge is 2.11. The fourth-order valence-corrected chi connectivity index (χ4v) is 0.982. The molecule has 0 heterocycles. The zero-order chi connectivity index (χ0) is 8.85. The number of hydrogen-bond donors (Lipinski definition) is 1. The lowest BCUT2D eigenvalue weighted by molar-refractivity contribution is -0.138. The van der Waals surface area contributed by atoms with Gasteiger partial charge in [-0.15, -0.1) is 0 Å². The van der Waals surface area contributed by atoms with Crippen LogP contribution in [0.3, 0.4) is 0 Å². The molecular weight excluding hydrogens is 142 g/mol. The van der Waals surface area contributed by atoms with Crippen molar-refractivity contribution < 1.29 is 9.90 Å². The van der Waals surface area contributed by atoms with Crippen LogP contribution in [0.1, 0.15) is 26.7 Å². The Kier molecular flexibility index (Phi) is 4.86. The van der Waals surface area contributed by atoms with Crippen LogP contribution in [0.5, 0.6) is 0 Å². The number of carboxylic acids is 1. The van der Waals surface area contributed by atoms with Crippen molar-refractivity contribution in [1.29, 1.82) is 0 Å². The number of carbonyl (C=O) groups is 1. The van der Waals surface area contributed by atoms with Gasteiger partial charge in [0.15, 0.2) is 0 Å². The summed E-state index contributed by atoms with van der Waals surface area (Å²) in [6.45, 7) is 4.99. The molecule has 1 atom stereocenters. The summed E-state index contributed by atoms with van der Waals surface area (Å²) in [5, 5.41) is 8.47. The summed E-state index contributed by atoms with van der Waals surface area (Å²) in [4.78, 5) is 12.4. The first-order chi connectivity index (χ1) is 5.07. The Bertz CT molecular complexity index is 125. The van der Waals surface area contributed by atoms with Gasteiger partial charge in [0.25, 0.3) is 0 Å². The van der Waals surface area contributed by atoms with Crippen molar-refractivity contribution in [2.45, 2.75) is 32.7 Å². The van der Waals surface area contributed by atoms with Crippen LogP contribution in [0.25, 0.3) is 0 Å². The highest BCUT2D eigenvalue weighted by molar-refractivity contribution is 5.67. The minimum Gasteiger partial charge on any atom is -0.481 e. The first-order valence-corrected chi connectivity index (χ1v) is 4.00. The highest BCUT2D eigenvalue weighted by atomic mass is 16.4. The molecule has 0 rings (SSSR count). The van der Waals surface area contributed by atoms with Crippen molar-refractivity contribution in [3.8, 4) is 0 Å². The average Bonchev–Trinajstić information content (AvgIpc) is 1.86. The normalized spacial score (nSPS) is 13.5. The Hall–Kier alpha value is -0.570.